The number of carboxylic acids is 1. The van der Waals surface area contributed by atoms with Crippen molar-refractivity contribution in [2.24, 2.45) is 5.92 Å². The number of amides is 2. The minimum atomic E-state index is -0.874. The van der Waals surface area contributed by atoms with E-state index in [1.54, 1.807) is 4.90 Å². The first kappa shape index (κ1) is 24.7. The normalized spacial score (nSPS) is 17.9. The van der Waals surface area contributed by atoms with Crippen LogP contribution in [0.1, 0.15) is 43.2 Å². The van der Waals surface area contributed by atoms with Gasteiger partial charge in [0.1, 0.15) is 6.61 Å². The Bertz CT molecular complexity index is 1030. The molecule has 2 unspecified atom stereocenters. The lowest BCUT2D eigenvalue weighted by Gasteiger charge is -2.31. The van der Waals surface area contributed by atoms with E-state index < -0.39 is 24.1 Å². The summed E-state index contributed by atoms with van der Waals surface area (Å²) >= 11 is 0. The van der Waals surface area contributed by atoms with E-state index in [4.69, 9.17) is 9.47 Å². The molecular formula is C27H32N2O6. The van der Waals surface area contributed by atoms with Gasteiger partial charge in [0.2, 0.25) is 5.91 Å². The van der Waals surface area contributed by atoms with E-state index >= 15 is 0 Å². The number of piperidine rings is 1. The van der Waals surface area contributed by atoms with Gasteiger partial charge >= 0.3 is 12.1 Å². The molecule has 8 heteroatoms. The number of benzene rings is 2. The summed E-state index contributed by atoms with van der Waals surface area (Å²) in [6, 6.07) is 16.3. The molecule has 0 radical (unpaired) electrons. The van der Waals surface area contributed by atoms with Gasteiger partial charge in [-0.3, -0.25) is 9.59 Å². The average molecular weight is 481 g/mol. The first-order chi connectivity index (χ1) is 17.0. The number of nitrogens with one attached hydrogen (secondary N) is 1. The second-order valence-corrected chi connectivity index (χ2v) is 9.01. The van der Waals surface area contributed by atoms with Crippen LogP contribution in [0.15, 0.2) is 48.5 Å². The number of carboxylic acid groups (broad SMARTS) is 1. The van der Waals surface area contributed by atoms with Gasteiger partial charge in [0.15, 0.2) is 0 Å². The zero-order valence-corrected chi connectivity index (χ0v) is 19.9. The van der Waals surface area contributed by atoms with Crippen LogP contribution in [0.4, 0.5) is 4.79 Å². The fourth-order valence-electron chi connectivity index (χ4n) is 5.00. The van der Waals surface area contributed by atoms with E-state index in [-0.39, 0.29) is 37.9 Å². The molecular weight excluding hydrogens is 448 g/mol. The van der Waals surface area contributed by atoms with Gasteiger partial charge < -0.3 is 24.8 Å². The quantitative estimate of drug-likeness (QED) is 0.568. The van der Waals surface area contributed by atoms with Crippen LogP contribution in [-0.4, -0.2) is 66.9 Å². The molecule has 4 rings (SSSR count). The van der Waals surface area contributed by atoms with Gasteiger partial charge in [-0.2, -0.15) is 0 Å². The van der Waals surface area contributed by atoms with Crippen molar-refractivity contribution in [3.8, 4) is 11.1 Å². The standard InChI is InChI=1S/C27H32N2O6/c1-2-34-19(14-25(30)29-13-7-8-18(16-29)26(31)32)15-28-27(33)35-17-24-22-11-5-3-9-20(22)21-10-4-6-12-23(21)24/h3-6,9-12,18-19,24H,2,7-8,13-17H2,1H3,(H,28,33)(H,31,32). The fourth-order valence-corrected chi connectivity index (χ4v) is 5.00. The summed E-state index contributed by atoms with van der Waals surface area (Å²) in [6.45, 7) is 3.32. The summed E-state index contributed by atoms with van der Waals surface area (Å²) in [4.78, 5) is 38.1. The van der Waals surface area contributed by atoms with E-state index in [0.29, 0.717) is 26.0 Å². The second kappa shape index (κ2) is 11.4. The van der Waals surface area contributed by atoms with Gasteiger partial charge in [0.05, 0.1) is 18.4 Å². The highest BCUT2D eigenvalue weighted by Crippen LogP contribution is 2.44. The molecule has 1 aliphatic carbocycles. The Labute approximate surface area is 205 Å². The smallest absolute Gasteiger partial charge is 0.407 e. The highest BCUT2D eigenvalue weighted by molar-refractivity contribution is 5.80. The molecule has 0 aromatic heterocycles. The number of ether oxygens (including phenoxy) is 2. The van der Waals surface area contributed by atoms with Crippen LogP contribution in [0.5, 0.6) is 0 Å². The van der Waals surface area contributed by atoms with Gasteiger partial charge in [0.25, 0.3) is 0 Å². The lowest BCUT2D eigenvalue weighted by atomic mass is 9.98. The molecule has 2 aliphatic rings. The second-order valence-electron chi connectivity index (χ2n) is 9.01. The molecule has 35 heavy (non-hydrogen) atoms. The van der Waals surface area contributed by atoms with Crippen molar-refractivity contribution in [2.45, 2.75) is 38.2 Å². The lowest BCUT2D eigenvalue weighted by Crippen LogP contribution is -2.45. The number of likely N-dealkylation sites (tertiary alicyclic amines) is 1. The lowest BCUT2D eigenvalue weighted by molar-refractivity contribution is -0.146. The summed E-state index contributed by atoms with van der Waals surface area (Å²) in [6.07, 6.45) is 0.243. The summed E-state index contributed by atoms with van der Waals surface area (Å²) in [5, 5.41) is 12.0. The highest BCUT2D eigenvalue weighted by atomic mass is 16.5. The number of carbonyl (C=O) groups excluding carboxylic acids is 2. The third-order valence-electron chi connectivity index (χ3n) is 6.75. The number of rotatable bonds is 9. The van der Waals surface area contributed by atoms with Crippen LogP contribution in [0, 0.1) is 5.92 Å². The molecule has 1 saturated heterocycles. The van der Waals surface area contributed by atoms with Crippen molar-refractivity contribution in [3.05, 3.63) is 59.7 Å². The summed E-state index contributed by atoms with van der Waals surface area (Å²) < 4.78 is 11.2. The minimum absolute atomic E-state index is 0.0290. The zero-order chi connectivity index (χ0) is 24.8. The van der Waals surface area contributed by atoms with E-state index in [0.717, 1.165) is 22.3 Å². The molecule has 0 saturated carbocycles. The number of nitrogens with zero attached hydrogens (tertiary/aromatic N) is 1. The number of fused-ring (bicyclic) bond motifs is 3. The first-order valence-corrected chi connectivity index (χ1v) is 12.2. The topological polar surface area (TPSA) is 105 Å². The van der Waals surface area contributed by atoms with Gasteiger partial charge in [0, 0.05) is 32.2 Å². The maximum atomic E-state index is 12.7. The molecule has 2 aromatic carbocycles. The average Bonchev–Trinajstić information content (AvgIpc) is 3.20. The molecule has 186 valence electrons. The first-order valence-electron chi connectivity index (χ1n) is 12.2. The van der Waals surface area contributed by atoms with E-state index in [2.05, 4.69) is 29.6 Å². The van der Waals surface area contributed by atoms with E-state index in [1.165, 1.54) is 0 Å². The predicted molar refractivity (Wildman–Crippen MR) is 130 cm³/mol. The Morgan fingerprint density at radius 2 is 1.74 bits per heavy atom. The Morgan fingerprint density at radius 1 is 1.09 bits per heavy atom. The molecule has 2 aromatic rings. The molecule has 0 spiro atoms. The van der Waals surface area contributed by atoms with Crippen molar-refractivity contribution in [2.75, 3.05) is 32.8 Å². The molecule has 1 heterocycles. The van der Waals surface area contributed by atoms with Crippen LogP contribution in [0.3, 0.4) is 0 Å². The van der Waals surface area contributed by atoms with Crippen LogP contribution in [-0.2, 0) is 19.1 Å². The molecule has 2 atom stereocenters. The number of hydrogen-bond donors (Lipinski definition) is 2. The zero-order valence-electron chi connectivity index (χ0n) is 19.9. The molecule has 1 fully saturated rings. The van der Waals surface area contributed by atoms with Gasteiger partial charge in [-0.15, -0.1) is 0 Å². The van der Waals surface area contributed by atoms with Crippen LogP contribution in [0.25, 0.3) is 11.1 Å². The SMILES string of the molecule is CCOC(CNC(=O)OCC1c2ccccc2-c2ccccc21)CC(=O)N1CCCC(C(=O)O)C1. The van der Waals surface area contributed by atoms with E-state index in [9.17, 15) is 19.5 Å². The molecule has 1 aliphatic heterocycles. The molecule has 2 amide bonds. The highest BCUT2D eigenvalue weighted by Gasteiger charge is 2.31. The third kappa shape index (κ3) is 5.82. The van der Waals surface area contributed by atoms with Crippen molar-refractivity contribution in [3.63, 3.8) is 0 Å². The monoisotopic (exact) mass is 480 g/mol. The maximum absolute atomic E-state index is 12.7. The summed E-state index contributed by atoms with van der Waals surface area (Å²) in [7, 11) is 0. The van der Waals surface area contributed by atoms with Gasteiger partial charge in [-0.1, -0.05) is 48.5 Å². The molecule has 2 N–H and O–H groups in total. The van der Waals surface area contributed by atoms with Crippen molar-refractivity contribution < 1.29 is 29.0 Å². The largest absolute Gasteiger partial charge is 0.481 e. The van der Waals surface area contributed by atoms with Crippen LogP contribution >= 0.6 is 0 Å². The van der Waals surface area contributed by atoms with Crippen molar-refractivity contribution >= 4 is 18.0 Å². The Morgan fingerprint density at radius 3 is 2.37 bits per heavy atom. The van der Waals surface area contributed by atoms with Crippen molar-refractivity contribution in [1.29, 1.82) is 0 Å². The minimum Gasteiger partial charge on any atom is -0.481 e. The number of carbonyl (C=O) groups is 3. The van der Waals surface area contributed by atoms with Gasteiger partial charge in [-0.05, 0) is 42.0 Å². The number of alkyl carbamates (subject to hydrolysis) is 1. The molecule has 0 bridgehead atoms. The van der Waals surface area contributed by atoms with Crippen molar-refractivity contribution in [1.82, 2.24) is 10.2 Å². The Balaban J connectivity index is 1.29. The maximum Gasteiger partial charge on any atom is 0.407 e. The summed E-state index contributed by atoms with van der Waals surface area (Å²) in [5.41, 5.74) is 4.60. The molecule has 8 nitrogen and oxygen atoms in total. The third-order valence-corrected chi connectivity index (χ3v) is 6.75. The van der Waals surface area contributed by atoms with Crippen LogP contribution < -0.4 is 5.32 Å². The fraction of sp³-hybridized carbons (Fsp3) is 0.444. The van der Waals surface area contributed by atoms with Crippen LogP contribution in [0.2, 0.25) is 0 Å². The predicted octanol–water partition coefficient (Wildman–Crippen LogP) is 3.64. The Kier molecular flexibility index (Phi) is 8.02. The number of hydrogen-bond acceptors (Lipinski definition) is 5. The summed E-state index contributed by atoms with van der Waals surface area (Å²) in [5.74, 6) is -1.60. The Hall–Kier alpha value is -3.39. The number of aliphatic carboxylic acids is 1. The van der Waals surface area contributed by atoms with E-state index in [1.807, 2.05) is 31.2 Å². The van der Waals surface area contributed by atoms with Gasteiger partial charge in [-0.25, -0.2) is 4.79 Å².